The molecule has 0 bridgehead atoms. The van der Waals surface area contributed by atoms with Crippen LogP contribution in [-0.4, -0.2) is 42.9 Å². The van der Waals surface area contributed by atoms with Gasteiger partial charge in [0.2, 0.25) is 0 Å². The third-order valence-electron chi connectivity index (χ3n) is 4.41. The fourth-order valence-electron chi connectivity index (χ4n) is 3.33. The number of rotatable bonds is 4. The van der Waals surface area contributed by atoms with E-state index in [4.69, 9.17) is 0 Å². The second-order valence-corrected chi connectivity index (χ2v) is 7.22. The Morgan fingerprint density at radius 2 is 2.17 bits per heavy atom. The quantitative estimate of drug-likeness (QED) is 0.790. The predicted molar refractivity (Wildman–Crippen MR) is 93.7 cm³/mol. The normalized spacial score (nSPS) is 18.8. The van der Waals surface area contributed by atoms with Crippen LogP contribution in [0.25, 0.3) is 11.5 Å². The van der Waals surface area contributed by atoms with Crippen LogP contribution < -0.4 is 0 Å². The molecule has 1 aliphatic heterocycles. The van der Waals surface area contributed by atoms with E-state index in [9.17, 15) is 0 Å². The van der Waals surface area contributed by atoms with Gasteiger partial charge in [-0.05, 0) is 26.3 Å². The van der Waals surface area contributed by atoms with Crippen molar-refractivity contribution in [2.24, 2.45) is 0 Å². The van der Waals surface area contributed by atoms with Crippen LogP contribution in [-0.2, 0) is 6.54 Å². The van der Waals surface area contributed by atoms with E-state index in [1.165, 1.54) is 11.3 Å². The molecule has 0 spiro atoms. The maximum atomic E-state index is 4.66. The number of aromatic amines is 1. The lowest BCUT2D eigenvalue weighted by atomic mass is 9.93. The van der Waals surface area contributed by atoms with Gasteiger partial charge in [0.15, 0.2) is 5.82 Å². The number of hydrogen-bond donors (Lipinski definition) is 1. The van der Waals surface area contributed by atoms with E-state index >= 15 is 0 Å². The molecule has 1 fully saturated rings. The second kappa shape index (κ2) is 6.78. The molecule has 4 rings (SSSR count). The van der Waals surface area contributed by atoms with Crippen molar-refractivity contribution in [1.82, 2.24) is 29.8 Å². The number of likely N-dealkylation sites (tertiary alicyclic amines) is 1. The second-order valence-electron chi connectivity index (χ2n) is 6.25. The molecular weight excluding hydrogens is 320 g/mol. The summed E-state index contributed by atoms with van der Waals surface area (Å²) < 4.78 is 0. The molecule has 0 amide bonds. The van der Waals surface area contributed by atoms with E-state index in [2.05, 4.69) is 29.8 Å². The maximum absolute atomic E-state index is 4.66. The van der Waals surface area contributed by atoms with E-state index in [1.54, 1.807) is 23.7 Å². The number of piperidine rings is 1. The van der Waals surface area contributed by atoms with Crippen molar-refractivity contribution < 1.29 is 0 Å². The predicted octanol–water partition coefficient (Wildman–Crippen LogP) is 3.01. The standard InChI is InChI=1S/C17H20N6S/c1-12-7-21-17(22-12)16-15(19-4-5-20-16)13-3-2-6-23(9-13)10-14-8-18-11-24-14/h4-5,7-8,11,13H,2-3,6,9-10H2,1H3,(H,21,22). The lowest BCUT2D eigenvalue weighted by Crippen LogP contribution is -2.34. The third kappa shape index (κ3) is 3.22. The number of thiazole rings is 1. The average molecular weight is 340 g/mol. The summed E-state index contributed by atoms with van der Waals surface area (Å²) in [5.74, 6) is 1.20. The highest BCUT2D eigenvalue weighted by molar-refractivity contribution is 7.09. The zero-order valence-electron chi connectivity index (χ0n) is 13.6. The monoisotopic (exact) mass is 340 g/mol. The molecule has 24 heavy (non-hydrogen) atoms. The molecule has 0 radical (unpaired) electrons. The van der Waals surface area contributed by atoms with Gasteiger partial charge in [0.25, 0.3) is 0 Å². The maximum Gasteiger partial charge on any atom is 0.158 e. The van der Waals surface area contributed by atoms with Gasteiger partial charge < -0.3 is 4.98 Å². The first kappa shape index (κ1) is 15.4. The number of aromatic nitrogens is 5. The minimum atomic E-state index is 0.390. The molecule has 0 aromatic carbocycles. The summed E-state index contributed by atoms with van der Waals surface area (Å²) in [6.45, 7) is 5.10. The van der Waals surface area contributed by atoms with Crippen molar-refractivity contribution in [3.8, 4) is 11.5 Å². The van der Waals surface area contributed by atoms with Crippen LogP contribution in [0.3, 0.4) is 0 Å². The van der Waals surface area contributed by atoms with E-state index in [1.807, 2.05) is 24.8 Å². The smallest absolute Gasteiger partial charge is 0.158 e. The molecule has 1 N–H and O–H groups in total. The molecule has 7 heteroatoms. The van der Waals surface area contributed by atoms with Gasteiger partial charge in [-0.25, -0.2) is 9.97 Å². The number of hydrogen-bond acceptors (Lipinski definition) is 6. The van der Waals surface area contributed by atoms with Crippen molar-refractivity contribution in [2.45, 2.75) is 32.2 Å². The SMILES string of the molecule is Cc1cnc(-c2nccnc2C2CCCN(Cc3cncs3)C2)[nH]1. The van der Waals surface area contributed by atoms with E-state index in [0.29, 0.717) is 5.92 Å². The summed E-state index contributed by atoms with van der Waals surface area (Å²) >= 11 is 1.72. The zero-order valence-corrected chi connectivity index (χ0v) is 14.5. The van der Waals surface area contributed by atoms with Crippen molar-refractivity contribution in [2.75, 3.05) is 13.1 Å². The molecule has 1 aliphatic rings. The number of imidazole rings is 1. The molecule has 1 unspecified atom stereocenters. The minimum Gasteiger partial charge on any atom is -0.341 e. The van der Waals surface area contributed by atoms with Crippen molar-refractivity contribution in [3.05, 3.63) is 46.6 Å². The number of nitrogens with one attached hydrogen (secondary N) is 1. The Balaban J connectivity index is 1.57. The van der Waals surface area contributed by atoms with Crippen LogP contribution >= 0.6 is 11.3 Å². The van der Waals surface area contributed by atoms with Gasteiger partial charge in [0, 0.05) is 54.4 Å². The zero-order chi connectivity index (χ0) is 16.4. The summed E-state index contributed by atoms with van der Waals surface area (Å²) in [5.41, 5.74) is 4.88. The lowest BCUT2D eigenvalue weighted by molar-refractivity contribution is 0.200. The van der Waals surface area contributed by atoms with Crippen LogP contribution in [0.4, 0.5) is 0 Å². The number of nitrogens with zero attached hydrogens (tertiary/aromatic N) is 5. The molecular formula is C17H20N6S. The van der Waals surface area contributed by atoms with Gasteiger partial charge in [-0.15, -0.1) is 11.3 Å². The fraction of sp³-hybridized carbons (Fsp3) is 0.412. The van der Waals surface area contributed by atoms with Crippen molar-refractivity contribution in [3.63, 3.8) is 0 Å². The molecule has 6 nitrogen and oxygen atoms in total. The Kier molecular flexibility index (Phi) is 4.36. The van der Waals surface area contributed by atoms with E-state index < -0.39 is 0 Å². The third-order valence-corrected chi connectivity index (χ3v) is 5.17. The molecule has 4 heterocycles. The Morgan fingerprint density at radius 1 is 1.25 bits per heavy atom. The number of H-pyrrole nitrogens is 1. The molecule has 3 aromatic rings. The van der Waals surface area contributed by atoms with E-state index in [-0.39, 0.29) is 0 Å². The lowest BCUT2D eigenvalue weighted by Gasteiger charge is -2.32. The molecule has 3 aromatic heterocycles. The minimum absolute atomic E-state index is 0.390. The fourth-order valence-corrected chi connectivity index (χ4v) is 3.96. The highest BCUT2D eigenvalue weighted by Crippen LogP contribution is 2.31. The first-order valence-corrected chi connectivity index (χ1v) is 9.10. The summed E-state index contributed by atoms with van der Waals surface area (Å²) in [5, 5.41) is 0. The van der Waals surface area contributed by atoms with Gasteiger partial charge in [0.1, 0.15) is 5.69 Å². The molecule has 0 aliphatic carbocycles. The molecule has 124 valence electrons. The molecule has 1 atom stereocenters. The summed E-state index contributed by atoms with van der Waals surface area (Å²) in [4.78, 5) is 24.9. The Hall–Kier alpha value is -2.12. The van der Waals surface area contributed by atoms with Crippen LogP contribution in [0, 0.1) is 6.92 Å². The van der Waals surface area contributed by atoms with Crippen LogP contribution in [0.15, 0.2) is 30.3 Å². The first-order chi connectivity index (χ1) is 11.8. The first-order valence-electron chi connectivity index (χ1n) is 8.22. The van der Waals surface area contributed by atoms with Gasteiger partial charge in [-0.1, -0.05) is 0 Å². The highest BCUT2D eigenvalue weighted by atomic mass is 32.1. The Bertz CT molecular complexity index is 797. The van der Waals surface area contributed by atoms with Crippen LogP contribution in [0.1, 0.15) is 35.0 Å². The van der Waals surface area contributed by atoms with Crippen LogP contribution in [0.5, 0.6) is 0 Å². The summed E-state index contributed by atoms with van der Waals surface area (Å²) in [6.07, 6.45) is 9.66. The van der Waals surface area contributed by atoms with Gasteiger partial charge in [0.05, 0.1) is 11.2 Å². The number of aryl methyl sites for hydroxylation is 1. The van der Waals surface area contributed by atoms with Gasteiger partial charge in [-0.3, -0.25) is 14.9 Å². The van der Waals surface area contributed by atoms with Crippen LogP contribution in [0.2, 0.25) is 0 Å². The van der Waals surface area contributed by atoms with Gasteiger partial charge >= 0.3 is 0 Å². The highest BCUT2D eigenvalue weighted by Gasteiger charge is 2.26. The van der Waals surface area contributed by atoms with Crippen molar-refractivity contribution >= 4 is 11.3 Å². The van der Waals surface area contributed by atoms with Gasteiger partial charge in [-0.2, -0.15) is 0 Å². The Morgan fingerprint density at radius 3 is 2.96 bits per heavy atom. The summed E-state index contributed by atoms with van der Waals surface area (Å²) in [6, 6.07) is 0. The largest absolute Gasteiger partial charge is 0.341 e. The average Bonchev–Trinajstić information content (AvgIpc) is 3.27. The molecule has 0 saturated carbocycles. The summed E-state index contributed by atoms with van der Waals surface area (Å²) in [7, 11) is 0. The van der Waals surface area contributed by atoms with E-state index in [0.717, 1.165) is 49.0 Å². The molecule has 1 saturated heterocycles. The van der Waals surface area contributed by atoms with Crippen molar-refractivity contribution in [1.29, 1.82) is 0 Å². The topological polar surface area (TPSA) is 70.6 Å². The Labute approximate surface area is 145 Å².